The standard InChI is InChI=1S/C12H11ClN2O5S/c1-7-3-2-4-8(13)12(7)21(18,19)6-9-14-10(20-15-9)5-11(16)17/h2-4H,5-6H2,1H3,(H,16,17). The number of nitrogens with zero attached hydrogens (tertiary/aromatic N) is 2. The second-order valence-electron chi connectivity index (χ2n) is 4.32. The lowest BCUT2D eigenvalue weighted by molar-refractivity contribution is -0.136. The fourth-order valence-corrected chi connectivity index (χ4v) is 3.90. The molecule has 0 fully saturated rings. The molecule has 0 spiro atoms. The van der Waals surface area contributed by atoms with E-state index in [-0.39, 0.29) is 21.6 Å². The number of hydrogen-bond acceptors (Lipinski definition) is 6. The van der Waals surface area contributed by atoms with Gasteiger partial charge < -0.3 is 9.63 Å². The van der Waals surface area contributed by atoms with Gasteiger partial charge >= 0.3 is 5.97 Å². The molecular formula is C12H11ClN2O5S. The second-order valence-corrected chi connectivity index (χ2v) is 6.65. The number of carboxylic acid groups (broad SMARTS) is 1. The van der Waals surface area contributed by atoms with Gasteiger partial charge in [0.15, 0.2) is 15.7 Å². The summed E-state index contributed by atoms with van der Waals surface area (Å²) in [6, 6.07) is 4.76. The van der Waals surface area contributed by atoms with Crippen LogP contribution in [-0.4, -0.2) is 29.6 Å². The Bertz CT molecular complexity index is 764. The lowest BCUT2D eigenvalue weighted by atomic mass is 10.2. The Kier molecular flexibility index (Phi) is 4.29. The van der Waals surface area contributed by atoms with Crippen molar-refractivity contribution < 1.29 is 22.8 Å². The minimum atomic E-state index is -3.75. The van der Waals surface area contributed by atoms with Gasteiger partial charge in [0.05, 0.1) is 9.92 Å². The van der Waals surface area contributed by atoms with Crippen molar-refractivity contribution in [1.29, 1.82) is 0 Å². The molecule has 0 saturated carbocycles. The van der Waals surface area contributed by atoms with Crippen LogP contribution in [0.2, 0.25) is 5.02 Å². The molecule has 2 rings (SSSR count). The summed E-state index contributed by atoms with van der Waals surface area (Å²) in [6.45, 7) is 1.63. The van der Waals surface area contributed by atoms with Crippen molar-refractivity contribution in [2.45, 2.75) is 24.0 Å². The van der Waals surface area contributed by atoms with Crippen LogP contribution in [0.3, 0.4) is 0 Å². The Balaban J connectivity index is 2.29. The highest BCUT2D eigenvalue weighted by atomic mass is 35.5. The lowest BCUT2D eigenvalue weighted by Gasteiger charge is -2.07. The van der Waals surface area contributed by atoms with Crippen molar-refractivity contribution in [3.63, 3.8) is 0 Å². The molecule has 0 saturated heterocycles. The van der Waals surface area contributed by atoms with Gasteiger partial charge in [0, 0.05) is 0 Å². The predicted molar refractivity (Wildman–Crippen MR) is 72.7 cm³/mol. The second kappa shape index (κ2) is 5.82. The molecule has 0 atom stereocenters. The van der Waals surface area contributed by atoms with E-state index >= 15 is 0 Å². The molecule has 21 heavy (non-hydrogen) atoms. The quantitative estimate of drug-likeness (QED) is 0.886. The van der Waals surface area contributed by atoms with Gasteiger partial charge in [0.1, 0.15) is 12.2 Å². The van der Waals surface area contributed by atoms with Crippen LogP contribution >= 0.6 is 11.6 Å². The first kappa shape index (κ1) is 15.5. The first-order chi connectivity index (χ1) is 9.79. The van der Waals surface area contributed by atoms with E-state index in [0.717, 1.165) is 0 Å². The first-order valence-corrected chi connectivity index (χ1v) is 7.84. The van der Waals surface area contributed by atoms with E-state index < -0.39 is 28.0 Å². The van der Waals surface area contributed by atoms with Crippen LogP contribution in [0.4, 0.5) is 0 Å². The maximum Gasteiger partial charge on any atom is 0.312 e. The normalized spacial score (nSPS) is 11.5. The molecule has 0 radical (unpaired) electrons. The van der Waals surface area contributed by atoms with Crippen LogP contribution < -0.4 is 0 Å². The number of aliphatic carboxylic acids is 1. The average Bonchev–Trinajstić information content (AvgIpc) is 2.73. The highest BCUT2D eigenvalue weighted by Crippen LogP contribution is 2.27. The zero-order chi connectivity index (χ0) is 15.6. The molecule has 1 N–H and O–H groups in total. The van der Waals surface area contributed by atoms with Gasteiger partial charge in [-0.1, -0.05) is 28.9 Å². The molecular weight excluding hydrogens is 320 g/mol. The van der Waals surface area contributed by atoms with Crippen molar-refractivity contribution in [2.24, 2.45) is 0 Å². The van der Waals surface area contributed by atoms with Gasteiger partial charge in [-0.15, -0.1) is 0 Å². The van der Waals surface area contributed by atoms with Crippen LogP contribution in [0.5, 0.6) is 0 Å². The van der Waals surface area contributed by atoms with Crippen molar-refractivity contribution in [3.8, 4) is 0 Å². The topological polar surface area (TPSA) is 110 Å². The van der Waals surface area contributed by atoms with E-state index in [9.17, 15) is 13.2 Å². The molecule has 112 valence electrons. The van der Waals surface area contributed by atoms with E-state index in [1.807, 2.05) is 0 Å². The number of aromatic nitrogens is 2. The third-order valence-electron chi connectivity index (χ3n) is 2.61. The Morgan fingerprint density at radius 3 is 2.76 bits per heavy atom. The molecule has 9 heteroatoms. The van der Waals surface area contributed by atoms with E-state index in [2.05, 4.69) is 14.7 Å². The number of carbonyl (C=O) groups is 1. The van der Waals surface area contributed by atoms with Crippen molar-refractivity contribution in [1.82, 2.24) is 10.1 Å². The lowest BCUT2D eigenvalue weighted by Crippen LogP contribution is -2.09. The molecule has 0 aliphatic rings. The number of halogens is 1. The largest absolute Gasteiger partial charge is 0.481 e. The third-order valence-corrected chi connectivity index (χ3v) is 4.84. The van der Waals surface area contributed by atoms with Gasteiger partial charge in [0.2, 0.25) is 5.89 Å². The summed E-state index contributed by atoms with van der Waals surface area (Å²) in [5, 5.41) is 12.2. The van der Waals surface area contributed by atoms with Crippen LogP contribution in [0.25, 0.3) is 0 Å². The highest BCUT2D eigenvalue weighted by Gasteiger charge is 2.24. The molecule has 0 amide bonds. The van der Waals surface area contributed by atoms with Gasteiger partial charge in [0.25, 0.3) is 0 Å². The molecule has 1 aromatic heterocycles. The molecule has 0 aliphatic heterocycles. The SMILES string of the molecule is Cc1cccc(Cl)c1S(=O)(=O)Cc1noc(CC(=O)O)n1. The summed E-state index contributed by atoms with van der Waals surface area (Å²) in [5.74, 6) is -1.91. The van der Waals surface area contributed by atoms with Gasteiger partial charge in [-0.05, 0) is 18.6 Å². The van der Waals surface area contributed by atoms with E-state index in [4.69, 9.17) is 16.7 Å². The maximum absolute atomic E-state index is 12.4. The predicted octanol–water partition coefficient (Wildman–Crippen LogP) is 1.63. The Morgan fingerprint density at radius 1 is 1.43 bits per heavy atom. The minimum absolute atomic E-state index is 0.0104. The number of benzene rings is 1. The zero-order valence-electron chi connectivity index (χ0n) is 10.9. The molecule has 0 aliphatic carbocycles. The number of sulfone groups is 1. The summed E-state index contributed by atoms with van der Waals surface area (Å²) in [4.78, 5) is 14.3. The number of rotatable bonds is 5. The molecule has 7 nitrogen and oxygen atoms in total. The summed E-state index contributed by atoms with van der Waals surface area (Å²) in [7, 11) is -3.75. The van der Waals surface area contributed by atoms with Gasteiger partial charge in [-0.3, -0.25) is 4.79 Å². The van der Waals surface area contributed by atoms with Crippen LogP contribution in [-0.2, 0) is 26.8 Å². The molecule has 1 aromatic carbocycles. The minimum Gasteiger partial charge on any atom is -0.481 e. The Labute approximate surface area is 125 Å². The summed E-state index contributed by atoms with van der Waals surface area (Å²) >= 11 is 5.93. The Hall–Kier alpha value is -1.93. The van der Waals surface area contributed by atoms with Crippen LogP contribution in [0, 0.1) is 6.92 Å². The van der Waals surface area contributed by atoms with Crippen LogP contribution in [0.1, 0.15) is 17.3 Å². The summed E-state index contributed by atoms with van der Waals surface area (Å²) in [6.07, 6.45) is -0.460. The smallest absolute Gasteiger partial charge is 0.312 e. The number of aryl methyl sites for hydroxylation is 1. The van der Waals surface area contributed by atoms with Crippen molar-refractivity contribution in [3.05, 3.63) is 40.5 Å². The first-order valence-electron chi connectivity index (χ1n) is 5.81. The molecule has 2 aromatic rings. The molecule has 0 bridgehead atoms. The maximum atomic E-state index is 12.4. The van der Waals surface area contributed by atoms with E-state index in [1.54, 1.807) is 19.1 Å². The molecule has 0 unspecified atom stereocenters. The van der Waals surface area contributed by atoms with Gasteiger partial charge in [-0.2, -0.15) is 4.98 Å². The van der Waals surface area contributed by atoms with Crippen LogP contribution in [0.15, 0.2) is 27.6 Å². The zero-order valence-corrected chi connectivity index (χ0v) is 12.5. The summed E-state index contributed by atoms with van der Waals surface area (Å²) < 4.78 is 29.4. The van der Waals surface area contributed by atoms with E-state index in [0.29, 0.717) is 5.56 Å². The fourth-order valence-electron chi connectivity index (χ4n) is 1.80. The third kappa shape index (κ3) is 3.59. The monoisotopic (exact) mass is 330 g/mol. The molecule has 1 heterocycles. The number of hydrogen-bond donors (Lipinski definition) is 1. The van der Waals surface area contributed by atoms with E-state index in [1.165, 1.54) is 6.07 Å². The number of carboxylic acids is 1. The van der Waals surface area contributed by atoms with Gasteiger partial charge in [-0.25, -0.2) is 8.42 Å². The average molecular weight is 331 g/mol. The van der Waals surface area contributed by atoms with Crippen molar-refractivity contribution >= 4 is 27.4 Å². The van der Waals surface area contributed by atoms with Crippen molar-refractivity contribution in [2.75, 3.05) is 0 Å². The Morgan fingerprint density at radius 2 is 2.14 bits per heavy atom. The fraction of sp³-hybridized carbons (Fsp3) is 0.250. The summed E-state index contributed by atoms with van der Waals surface area (Å²) in [5.41, 5.74) is 0.511. The highest BCUT2D eigenvalue weighted by molar-refractivity contribution is 7.90.